The van der Waals surface area contributed by atoms with Crippen LogP contribution in [0.2, 0.25) is 0 Å². The predicted molar refractivity (Wildman–Crippen MR) is 97.3 cm³/mol. The molecule has 2 aromatic rings. The number of aromatic nitrogens is 1. The van der Waals surface area contributed by atoms with E-state index in [2.05, 4.69) is 15.2 Å². The highest BCUT2D eigenvalue weighted by Gasteiger charge is 2.39. The second-order valence-electron chi connectivity index (χ2n) is 5.70. The zero-order valence-corrected chi connectivity index (χ0v) is 15.6. The molecule has 0 radical (unpaired) electrons. The van der Waals surface area contributed by atoms with Crippen LogP contribution in [0.15, 0.2) is 30.3 Å². The molecule has 142 valence electrons. The molecule has 2 rings (SSSR count). The van der Waals surface area contributed by atoms with E-state index in [1.165, 1.54) is 0 Å². The van der Waals surface area contributed by atoms with Crippen LogP contribution in [0.1, 0.15) is 35.6 Å². The van der Waals surface area contributed by atoms with Crippen LogP contribution in [0.25, 0.3) is 10.6 Å². The molecule has 0 fully saturated rings. The van der Waals surface area contributed by atoms with Crippen LogP contribution >= 0.6 is 11.3 Å². The minimum Gasteiger partial charge on any atom is -0.351 e. The quantitative estimate of drug-likeness (QED) is 0.690. The third-order valence-electron chi connectivity index (χ3n) is 3.95. The second kappa shape index (κ2) is 9.14. The number of hydrogen-bond donors (Lipinski definition) is 1. The standard InChI is InChI=1S/C18H22F3N3OS/c1-3-24(4-2)12-8-11-22-16(25)14-15(18(19,20)21)23-17(26-14)13-9-6-5-7-10-13/h5-7,9-10H,3-4,8,11-12H2,1-2H3,(H,22,25). The Hall–Kier alpha value is -1.93. The van der Waals surface area contributed by atoms with Crippen molar-refractivity contribution in [3.05, 3.63) is 40.9 Å². The first-order valence-electron chi connectivity index (χ1n) is 8.50. The highest BCUT2D eigenvalue weighted by atomic mass is 32.1. The average Bonchev–Trinajstić information content (AvgIpc) is 3.08. The number of nitrogens with zero attached hydrogens (tertiary/aromatic N) is 2. The number of carbonyl (C=O) groups excluding carboxylic acids is 1. The fraction of sp³-hybridized carbons (Fsp3) is 0.444. The Kier molecular flexibility index (Phi) is 7.16. The minimum atomic E-state index is -4.67. The normalized spacial score (nSPS) is 11.8. The summed E-state index contributed by atoms with van der Waals surface area (Å²) in [6.07, 6.45) is -3.99. The summed E-state index contributed by atoms with van der Waals surface area (Å²) in [5, 5.41) is 2.77. The van der Waals surface area contributed by atoms with E-state index in [-0.39, 0.29) is 9.88 Å². The van der Waals surface area contributed by atoms with Crippen LogP contribution in [0.4, 0.5) is 13.2 Å². The van der Waals surface area contributed by atoms with Crippen molar-refractivity contribution < 1.29 is 18.0 Å². The highest BCUT2D eigenvalue weighted by Crippen LogP contribution is 2.37. The lowest BCUT2D eigenvalue weighted by Gasteiger charge is -2.17. The van der Waals surface area contributed by atoms with Crippen molar-refractivity contribution >= 4 is 17.2 Å². The number of alkyl halides is 3. The summed E-state index contributed by atoms with van der Waals surface area (Å²) in [6, 6.07) is 8.55. The van der Waals surface area contributed by atoms with Gasteiger partial charge in [-0.3, -0.25) is 4.79 Å². The molecule has 0 atom stereocenters. The molecule has 0 aliphatic rings. The van der Waals surface area contributed by atoms with Gasteiger partial charge in [0.15, 0.2) is 5.69 Å². The molecule has 1 heterocycles. The molecule has 0 saturated heterocycles. The van der Waals surface area contributed by atoms with Crippen LogP contribution in [0.3, 0.4) is 0 Å². The summed E-state index contributed by atoms with van der Waals surface area (Å²) < 4.78 is 39.8. The maximum atomic E-state index is 13.3. The molecule has 1 amide bonds. The summed E-state index contributed by atoms with van der Waals surface area (Å²) in [6.45, 7) is 7.00. The Morgan fingerprint density at radius 1 is 1.19 bits per heavy atom. The van der Waals surface area contributed by atoms with Gasteiger partial charge in [0.2, 0.25) is 0 Å². The van der Waals surface area contributed by atoms with E-state index in [1.54, 1.807) is 30.3 Å². The molecule has 4 nitrogen and oxygen atoms in total. The summed E-state index contributed by atoms with van der Waals surface area (Å²) in [7, 11) is 0. The van der Waals surface area contributed by atoms with Crippen LogP contribution in [0, 0.1) is 0 Å². The maximum Gasteiger partial charge on any atom is 0.435 e. The van der Waals surface area contributed by atoms with Gasteiger partial charge in [0.05, 0.1) is 0 Å². The number of nitrogens with one attached hydrogen (secondary N) is 1. The van der Waals surface area contributed by atoms with Crippen molar-refractivity contribution in [3.63, 3.8) is 0 Å². The SMILES string of the molecule is CCN(CC)CCCNC(=O)c1sc(-c2ccccc2)nc1C(F)(F)F. The molecule has 0 unspecified atom stereocenters. The Morgan fingerprint density at radius 2 is 1.85 bits per heavy atom. The lowest BCUT2D eigenvalue weighted by molar-refractivity contribution is -0.141. The topological polar surface area (TPSA) is 45.2 Å². The molecule has 1 N–H and O–H groups in total. The molecule has 8 heteroatoms. The van der Waals surface area contributed by atoms with E-state index >= 15 is 0 Å². The van der Waals surface area contributed by atoms with Crippen molar-refractivity contribution in [1.82, 2.24) is 15.2 Å². The summed E-state index contributed by atoms with van der Waals surface area (Å²) in [5.74, 6) is -0.725. The van der Waals surface area contributed by atoms with E-state index in [0.717, 1.165) is 31.0 Å². The van der Waals surface area contributed by atoms with Gasteiger partial charge in [0, 0.05) is 12.1 Å². The Morgan fingerprint density at radius 3 is 2.42 bits per heavy atom. The van der Waals surface area contributed by atoms with Gasteiger partial charge in [-0.1, -0.05) is 44.2 Å². The van der Waals surface area contributed by atoms with Gasteiger partial charge < -0.3 is 10.2 Å². The summed E-state index contributed by atoms with van der Waals surface area (Å²) in [4.78, 5) is 17.8. The van der Waals surface area contributed by atoms with Crippen molar-refractivity contribution in [2.45, 2.75) is 26.4 Å². The summed E-state index contributed by atoms with van der Waals surface area (Å²) >= 11 is 0.767. The molecule has 0 bridgehead atoms. The van der Waals surface area contributed by atoms with E-state index in [1.807, 2.05) is 13.8 Å². The van der Waals surface area contributed by atoms with Crippen LogP contribution in [-0.2, 0) is 6.18 Å². The molecule has 0 aliphatic carbocycles. The second-order valence-corrected chi connectivity index (χ2v) is 6.70. The van der Waals surface area contributed by atoms with Crippen molar-refractivity contribution in [2.75, 3.05) is 26.2 Å². The fourth-order valence-electron chi connectivity index (χ4n) is 2.50. The van der Waals surface area contributed by atoms with Gasteiger partial charge in [-0.2, -0.15) is 13.2 Å². The van der Waals surface area contributed by atoms with E-state index in [0.29, 0.717) is 18.5 Å². The zero-order valence-electron chi connectivity index (χ0n) is 14.8. The lowest BCUT2D eigenvalue weighted by Crippen LogP contribution is -2.30. The van der Waals surface area contributed by atoms with Gasteiger partial charge in [-0.05, 0) is 26.1 Å². The number of benzene rings is 1. The first-order chi connectivity index (χ1) is 12.4. The molecule has 0 saturated carbocycles. The Labute approximate surface area is 155 Å². The Bertz CT molecular complexity index is 712. The smallest absolute Gasteiger partial charge is 0.351 e. The molecular weight excluding hydrogens is 363 g/mol. The number of carbonyl (C=O) groups is 1. The number of hydrogen-bond acceptors (Lipinski definition) is 4. The van der Waals surface area contributed by atoms with E-state index in [4.69, 9.17) is 0 Å². The van der Waals surface area contributed by atoms with Gasteiger partial charge in [0.1, 0.15) is 9.88 Å². The molecule has 0 spiro atoms. The molecule has 26 heavy (non-hydrogen) atoms. The highest BCUT2D eigenvalue weighted by molar-refractivity contribution is 7.17. The van der Waals surface area contributed by atoms with E-state index in [9.17, 15) is 18.0 Å². The lowest BCUT2D eigenvalue weighted by atomic mass is 10.2. The maximum absolute atomic E-state index is 13.3. The first kappa shape index (κ1) is 20.4. The van der Waals surface area contributed by atoms with Crippen LogP contribution in [0.5, 0.6) is 0 Å². The molecule has 0 aliphatic heterocycles. The molecule has 1 aromatic carbocycles. The van der Waals surface area contributed by atoms with Crippen LogP contribution < -0.4 is 5.32 Å². The summed E-state index contributed by atoms with van der Waals surface area (Å²) in [5.41, 5.74) is -0.564. The van der Waals surface area contributed by atoms with Gasteiger partial charge >= 0.3 is 6.18 Å². The largest absolute Gasteiger partial charge is 0.435 e. The number of rotatable bonds is 8. The number of halogens is 3. The minimum absolute atomic E-state index is 0.186. The predicted octanol–water partition coefficient (Wildman–Crippen LogP) is 4.29. The fourth-order valence-corrected chi connectivity index (χ4v) is 3.50. The van der Waals surface area contributed by atoms with E-state index < -0.39 is 17.8 Å². The van der Waals surface area contributed by atoms with Crippen molar-refractivity contribution in [3.8, 4) is 10.6 Å². The third kappa shape index (κ3) is 5.28. The number of amides is 1. The van der Waals surface area contributed by atoms with Gasteiger partial charge in [0.25, 0.3) is 5.91 Å². The number of thiazole rings is 1. The molecular formula is C18H22F3N3OS. The monoisotopic (exact) mass is 385 g/mol. The first-order valence-corrected chi connectivity index (χ1v) is 9.32. The third-order valence-corrected chi connectivity index (χ3v) is 5.06. The molecule has 1 aromatic heterocycles. The average molecular weight is 385 g/mol. The van der Waals surface area contributed by atoms with Crippen molar-refractivity contribution in [2.24, 2.45) is 0 Å². The van der Waals surface area contributed by atoms with Crippen LogP contribution in [-0.4, -0.2) is 42.0 Å². The Balaban J connectivity index is 2.11. The van der Waals surface area contributed by atoms with Gasteiger partial charge in [-0.15, -0.1) is 11.3 Å². The van der Waals surface area contributed by atoms with Crippen molar-refractivity contribution in [1.29, 1.82) is 0 Å². The van der Waals surface area contributed by atoms with Gasteiger partial charge in [-0.25, -0.2) is 4.98 Å². The zero-order chi connectivity index (χ0) is 19.2.